The van der Waals surface area contributed by atoms with E-state index in [0.29, 0.717) is 14.9 Å². The lowest BCUT2D eigenvalue weighted by Gasteiger charge is -2.10. The van der Waals surface area contributed by atoms with Crippen LogP contribution in [-0.4, -0.2) is 23.8 Å². The summed E-state index contributed by atoms with van der Waals surface area (Å²) in [5.74, 6) is 1.36. The first kappa shape index (κ1) is 18.8. The largest absolute Gasteiger partial charge is 0.506 e. The Morgan fingerprint density at radius 2 is 2.07 bits per heavy atom. The molecule has 7 heteroatoms. The summed E-state index contributed by atoms with van der Waals surface area (Å²) in [5.41, 5.74) is 4.89. The van der Waals surface area contributed by atoms with Gasteiger partial charge in [0.15, 0.2) is 6.61 Å². The number of carbonyl (C=O) groups excluding carboxylic acids is 1. The summed E-state index contributed by atoms with van der Waals surface area (Å²) in [6.07, 6.45) is 5.51. The van der Waals surface area contributed by atoms with E-state index in [4.69, 9.17) is 9.15 Å². The van der Waals surface area contributed by atoms with Crippen molar-refractivity contribution in [1.29, 1.82) is 0 Å². The molecule has 0 spiro atoms. The Labute approximate surface area is 175 Å². The van der Waals surface area contributed by atoms with Crippen LogP contribution < -0.4 is 10.2 Å². The molecule has 0 bridgehead atoms. The molecule has 4 rings (SSSR count). The number of amides is 1. The predicted octanol–water partition coefficient (Wildman–Crippen LogP) is 4.15. The van der Waals surface area contributed by atoms with Crippen LogP contribution in [0.2, 0.25) is 0 Å². The van der Waals surface area contributed by atoms with Crippen LogP contribution in [0.3, 0.4) is 0 Å². The molecule has 3 aromatic rings. The third-order valence-corrected chi connectivity index (χ3v) is 5.53. The van der Waals surface area contributed by atoms with Gasteiger partial charge in [0.25, 0.3) is 5.91 Å². The highest BCUT2D eigenvalue weighted by atomic mass is 127. The molecule has 2 N–H and O–H groups in total. The quantitative estimate of drug-likeness (QED) is 0.320. The third kappa shape index (κ3) is 3.84. The number of para-hydroxylation sites is 1. The van der Waals surface area contributed by atoms with E-state index in [1.165, 1.54) is 6.21 Å². The summed E-state index contributed by atoms with van der Waals surface area (Å²) in [4.78, 5) is 12.0. The van der Waals surface area contributed by atoms with E-state index in [-0.39, 0.29) is 18.3 Å². The number of benzene rings is 2. The summed E-state index contributed by atoms with van der Waals surface area (Å²) >= 11 is 2.06. The first-order valence-corrected chi connectivity index (χ1v) is 10.2. The Kier molecular flexibility index (Phi) is 5.52. The van der Waals surface area contributed by atoms with Crippen LogP contribution in [0.25, 0.3) is 11.0 Å². The second-order valence-electron chi connectivity index (χ2n) is 6.60. The van der Waals surface area contributed by atoms with E-state index in [0.717, 1.165) is 48.0 Å². The smallest absolute Gasteiger partial charge is 0.277 e. The van der Waals surface area contributed by atoms with Crippen LogP contribution in [0, 0.1) is 3.57 Å². The molecule has 1 heterocycles. The summed E-state index contributed by atoms with van der Waals surface area (Å²) in [5, 5.41) is 15.5. The normalized spacial score (nSPS) is 13.6. The minimum atomic E-state index is -0.379. The summed E-state index contributed by atoms with van der Waals surface area (Å²) in [7, 11) is 0. The molecule has 0 unspecified atom stereocenters. The summed E-state index contributed by atoms with van der Waals surface area (Å²) in [6, 6.07) is 10.9. The van der Waals surface area contributed by atoms with Crippen LogP contribution in [0.4, 0.5) is 0 Å². The van der Waals surface area contributed by atoms with Crippen molar-refractivity contribution in [3.05, 3.63) is 56.9 Å². The third-order valence-electron chi connectivity index (χ3n) is 4.70. The zero-order valence-electron chi connectivity index (χ0n) is 15.1. The van der Waals surface area contributed by atoms with Gasteiger partial charge in [-0.25, -0.2) is 5.43 Å². The van der Waals surface area contributed by atoms with Crippen molar-refractivity contribution in [2.75, 3.05) is 6.61 Å². The number of aromatic hydroxyl groups is 1. The maximum absolute atomic E-state index is 12.0. The van der Waals surface area contributed by atoms with Gasteiger partial charge in [-0.15, -0.1) is 0 Å². The van der Waals surface area contributed by atoms with Crippen molar-refractivity contribution in [2.24, 2.45) is 5.10 Å². The van der Waals surface area contributed by atoms with Gasteiger partial charge in [0.1, 0.15) is 22.8 Å². The van der Waals surface area contributed by atoms with Crippen molar-refractivity contribution in [3.8, 4) is 11.5 Å². The second kappa shape index (κ2) is 8.22. The number of furan rings is 1. The zero-order valence-corrected chi connectivity index (χ0v) is 17.2. The minimum absolute atomic E-state index is 0.140. The molecule has 6 nitrogen and oxygen atoms in total. The lowest BCUT2D eigenvalue weighted by molar-refractivity contribution is -0.123. The molecule has 28 heavy (non-hydrogen) atoms. The molecule has 0 saturated carbocycles. The Balaban J connectivity index is 1.53. The first-order valence-electron chi connectivity index (χ1n) is 9.09. The fourth-order valence-electron chi connectivity index (χ4n) is 3.41. The van der Waals surface area contributed by atoms with Crippen LogP contribution in [0.1, 0.15) is 29.7 Å². The van der Waals surface area contributed by atoms with Gasteiger partial charge in [0.05, 0.1) is 9.78 Å². The van der Waals surface area contributed by atoms with Gasteiger partial charge in [-0.2, -0.15) is 5.10 Å². The Morgan fingerprint density at radius 1 is 1.29 bits per heavy atom. The monoisotopic (exact) mass is 490 g/mol. The predicted molar refractivity (Wildman–Crippen MR) is 115 cm³/mol. The van der Waals surface area contributed by atoms with Crippen LogP contribution in [-0.2, 0) is 17.6 Å². The van der Waals surface area contributed by atoms with Gasteiger partial charge in [-0.3, -0.25) is 4.79 Å². The maximum Gasteiger partial charge on any atom is 0.277 e. The molecule has 1 aliphatic rings. The molecule has 1 amide bonds. The molecule has 0 saturated heterocycles. The number of hydrogen-bond donors (Lipinski definition) is 2. The molecule has 1 aliphatic carbocycles. The van der Waals surface area contributed by atoms with E-state index in [1.807, 2.05) is 24.3 Å². The molecular weight excluding hydrogens is 471 g/mol. The molecule has 2 aromatic carbocycles. The van der Waals surface area contributed by atoms with Crippen molar-refractivity contribution < 1.29 is 19.1 Å². The van der Waals surface area contributed by atoms with Crippen molar-refractivity contribution in [3.63, 3.8) is 0 Å². The Morgan fingerprint density at radius 3 is 2.89 bits per heavy atom. The van der Waals surface area contributed by atoms with Crippen LogP contribution in [0.15, 0.2) is 45.9 Å². The highest BCUT2D eigenvalue weighted by Crippen LogP contribution is 2.39. The zero-order chi connectivity index (χ0) is 19.5. The fraction of sp³-hybridized carbons (Fsp3) is 0.238. The molecule has 0 aliphatic heterocycles. The first-order chi connectivity index (χ1) is 13.6. The number of hydrogen-bond acceptors (Lipinski definition) is 5. The van der Waals surface area contributed by atoms with Gasteiger partial charge in [-0.1, -0.05) is 18.2 Å². The lowest BCUT2D eigenvalue weighted by atomic mass is 9.94. The highest BCUT2D eigenvalue weighted by molar-refractivity contribution is 14.1. The van der Waals surface area contributed by atoms with Gasteiger partial charge >= 0.3 is 0 Å². The highest BCUT2D eigenvalue weighted by Gasteiger charge is 2.22. The number of halogens is 1. The standard InChI is InChI=1S/C21H19IN2O4/c22-16-10-18-20(14-8-4-5-9-17(14)28-18)15(21(16)26)11-23-24-19(25)12-27-13-6-2-1-3-7-13/h1-3,6-7,10-11,26H,4-5,8-9,12H2,(H,24,25)/b23-11+. The number of nitrogens with one attached hydrogen (secondary N) is 1. The number of hydrazone groups is 1. The van der Waals surface area contributed by atoms with Crippen LogP contribution in [0.5, 0.6) is 11.5 Å². The number of rotatable bonds is 5. The number of phenolic OH excluding ortho intramolecular Hbond substituents is 1. The number of aryl methyl sites for hydroxylation is 2. The number of ether oxygens (including phenoxy) is 1. The summed E-state index contributed by atoms with van der Waals surface area (Å²) in [6.45, 7) is -0.143. The molecule has 1 aromatic heterocycles. The van der Waals surface area contributed by atoms with Crippen molar-refractivity contribution >= 4 is 45.7 Å². The van der Waals surface area contributed by atoms with E-state index in [2.05, 4.69) is 33.1 Å². The molecule has 0 radical (unpaired) electrons. The van der Waals surface area contributed by atoms with E-state index in [1.54, 1.807) is 12.1 Å². The SMILES string of the molecule is O=C(COc1ccccc1)N/N=C/c1c(O)c(I)cc2oc3c(c12)CCCC3. The Bertz CT molecular complexity index is 1040. The average Bonchev–Trinajstić information content (AvgIpc) is 3.08. The van der Waals surface area contributed by atoms with Crippen LogP contribution >= 0.6 is 22.6 Å². The van der Waals surface area contributed by atoms with Gasteiger partial charge in [0, 0.05) is 22.9 Å². The van der Waals surface area contributed by atoms with Crippen molar-refractivity contribution in [1.82, 2.24) is 5.43 Å². The number of fused-ring (bicyclic) bond motifs is 3. The maximum atomic E-state index is 12.0. The second-order valence-corrected chi connectivity index (χ2v) is 7.76. The van der Waals surface area contributed by atoms with E-state index >= 15 is 0 Å². The number of nitrogens with zero attached hydrogens (tertiary/aromatic N) is 1. The van der Waals surface area contributed by atoms with E-state index < -0.39 is 0 Å². The molecule has 0 fully saturated rings. The lowest BCUT2D eigenvalue weighted by Crippen LogP contribution is -2.24. The molecular formula is C21H19IN2O4. The number of carbonyl (C=O) groups is 1. The van der Waals surface area contributed by atoms with Gasteiger partial charge in [-0.05, 0) is 60.1 Å². The van der Waals surface area contributed by atoms with Gasteiger partial charge in [0.2, 0.25) is 0 Å². The summed E-state index contributed by atoms with van der Waals surface area (Å²) < 4.78 is 12.1. The van der Waals surface area contributed by atoms with Crippen molar-refractivity contribution in [2.45, 2.75) is 25.7 Å². The number of phenols is 1. The molecule has 0 atom stereocenters. The van der Waals surface area contributed by atoms with E-state index in [9.17, 15) is 9.90 Å². The van der Waals surface area contributed by atoms with Gasteiger partial charge < -0.3 is 14.3 Å². The molecule has 144 valence electrons. The minimum Gasteiger partial charge on any atom is -0.506 e. The fourth-order valence-corrected chi connectivity index (χ4v) is 3.98. The average molecular weight is 490 g/mol. The Hall–Kier alpha value is -2.55. The topological polar surface area (TPSA) is 84.1 Å².